The molecule has 2 heterocycles. The van der Waals surface area contributed by atoms with E-state index in [1.807, 2.05) is 0 Å². The maximum Gasteiger partial charge on any atom is 0.490 e. The first-order valence-electron chi connectivity index (χ1n) is 7.94. The van der Waals surface area contributed by atoms with Crippen molar-refractivity contribution in [3.05, 3.63) is 12.7 Å². The van der Waals surface area contributed by atoms with E-state index in [0.717, 1.165) is 17.2 Å². The number of anilines is 1. The highest BCUT2D eigenvalue weighted by atomic mass is 31.3. The fourth-order valence-electron chi connectivity index (χ4n) is 2.13. The lowest BCUT2D eigenvalue weighted by Gasteiger charge is -2.25. The number of imidazole rings is 1. The van der Waals surface area contributed by atoms with Gasteiger partial charge in [-0.1, -0.05) is 0 Å². The van der Waals surface area contributed by atoms with Gasteiger partial charge in [-0.15, -0.1) is 0 Å². The van der Waals surface area contributed by atoms with E-state index in [0.29, 0.717) is 0 Å². The van der Waals surface area contributed by atoms with Gasteiger partial charge >= 0.3 is 23.5 Å². The molecule has 8 N–H and O–H groups in total. The molecule has 182 valence electrons. The molecule has 0 radical (unpaired) electrons. The number of aliphatic hydroxyl groups is 2. The second-order valence-corrected chi connectivity index (χ2v) is 10.1. The number of hydrogen-bond donors (Lipinski definition) is 7. The van der Waals surface area contributed by atoms with E-state index in [2.05, 4.69) is 28.1 Å². The number of phosphoric acid groups is 3. The minimum absolute atomic E-state index is 0.0323. The highest BCUT2D eigenvalue weighted by molar-refractivity contribution is 7.66. The average Bonchev–Trinajstić information content (AvgIpc) is 3.06. The number of ether oxygens (including phenoxy) is 1. The number of alkyl halides is 1. The summed E-state index contributed by atoms with van der Waals surface area (Å²) in [6, 6.07) is 0. The van der Waals surface area contributed by atoms with E-state index >= 15 is 0 Å². The number of aromatic nitrogens is 4. The van der Waals surface area contributed by atoms with Crippen molar-refractivity contribution in [1.82, 2.24) is 19.5 Å². The highest BCUT2D eigenvalue weighted by Gasteiger charge is 2.41. The van der Waals surface area contributed by atoms with Gasteiger partial charge in [0.1, 0.15) is 24.6 Å². The Bertz CT molecular complexity index is 1080. The zero-order valence-electron chi connectivity index (χ0n) is 15.4. The van der Waals surface area contributed by atoms with Gasteiger partial charge in [-0.3, -0.25) is 9.09 Å². The van der Waals surface area contributed by atoms with Crippen LogP contribution in [-0.2, 0) is 31.6 Å². The average molecular weight is 527 g/mol. The van der Waals surface area contributed by atoms with Crippen LogP contribution < -0.4 is 5.73 Å². The molecule has 22 heteroatoms. The van der Waals surface area contributed by atoms with Gasteiger partial charge in [0.2, 0.25) is 6.36 Å². The van der Waals surface area contributed by atoms with Gasteiger partial charge < -0.3 is 40.3 Å². The Hall–Kier alpha value is -1.43. The number of aliphatic hydroxyl groups excluding tert-OH is 2. The number of phosphoric ester groups is 1. The monoisotopic (exact) mass is 527 g/mol. The third kappa shape index (κ3) is 7.57. The summed E-state index contributed by atoms with van der Waals surface area (Å²) in [6.45, 7) is -2.39. The Labute approximate surface area is 176 Å². The molecule has 0 aliphatic heterocycles. The number of hydrogen-bond acceptors (Lipinski definition) is 13. The molecular weight excluding hydrogens is 510 g/mol. The Morgan fingerprint density at radius 2 is 1.75 bits per heavy atom. The third-order valence-electron chi connectivity index (χ3n) is 3.25. The zero-order valence-corrected chi connectivity index (χ0v) is 18.1. The van der Waals surface area contributed by atoms with Gasteiger partial charge in [-0.25, -0.2) is 33.0 Å². The second-order valence-electron chi connectivity index (χ2n) is 5.66. The van der Waals surface area contributed by atoms with Crippen molar-refractivity contribution >= 4 is 40.4 Å². The lowest BCUT2D eigenvalue weighted by molar-refractivity contribution is -0.177. The first-order valence-corrected chi connectivity index (χ1v) is 12.5. The molecule has 0 aromatic carbocycles. The van der Waals surface area contributed by atoms with Gasteiger partial charge in [0.15, 0.2) is 17.7 Å². The van der Waals surface area contributed by atoms with E-state index < -0.39 is 55.4 Å². The van der Waals surface area contributed by atoms with Crippen LogP contribution >= 0.6 is 23.5 Å². The number of fused-ring (bicyclic) bond motifs is 1. The lowest BCUT2D eigenvalue weighted by Crippen LogP contribution is -2.33. The predicted molar refractivity (Wildman–Crippen MR) is 97.7 cm³/mol. The van der Waals surface area contributed by atoms with Crippen molar-refractivity contribution in [3.63, 3.8) is 0 Å². The smallest absolute Gasteiger partial charge is 0.394 e. The van der Waals surface area contributed by atoms with E-state index in [1.54, 1.807) is 0 Å². The van der Waals surface area contributed by atoms with Gasteiger partial charge in [0, 0.05) is 0 Å². The Morgan fingerprint density at radius 1 is 1.09 bits per heavy atom. The summed E-state index contributed by atoms with van der Waals surface area (Å²) < 4.78 is 64.5. The Morgan fingerprint density at radius 3 is 2.34 bits per heavy atom. The first-order chi connectivity index (χ1) is 14.6. The largest absolute Gasteiger partial charge is 0.490 e. The normalized spacial score (nSPS) is 19.2. The van der Waals surface area contributed by atoms with Crippen LogP contribution in [0.3, 0.4) is 0 Å². The van der Waals surface area contributed by atoms with Crippen molar-refractivity contribution in [2.24, 2.45) is 0 Å². The lowest BCUT2D eigenvalue weighted by atomic mass is 10.3. The SMILES string of the molecule is Nc1ncnc2c1ncn2[C@H](O[C@H](F)COP(=O)(O)OP(=O)(O)OP(=O)(O)O)[C@H](O)CO. The van der Waals surface area contributed by atoms with Crippen LogP contribution in [0.15, 0.2) is 12.7 Å². The number of nitrogens with zero attached hydrogens (tertiary/aromatic N) is 4. The molecule has 0 amide bonds. The molecule has 0 saturated carbocycles. The maximum atomic E-state index is 14.2. The highest BCUT2D eigenvalue weighted by Crippen LogP contribution is 2.66. The van der Waals surface area contributed by atoms with Crippen LogP contribution in [0, 0.1) is 0 Å². The second kappa shape index (κ2) is 10.2. The molecule has 0 saturated heterocycles. The molecule has 2 aromatic heterocycles. The van der Waals surface area contributed by atoms with Crippen LogP contribution in [0.25, 0.3) is 11.2 Å². The predicted octanol–water partition coefficient (Wildman–Crippen LogP) is -1.08. The molecule has 5 atom stereocenters. The number of halogens is 1. The van der Waals surface area contributed by atoms with E-state index in [1.165, 1.54) is 0 Å². The molecule has 0 fully saturated rings. The van der Waals surface area contributed by atoms with Crippen molar-refractivity contribution in [3.8, 4) is 0 Å². The van der Waals surface area contributed by atoms with Crippen LogP contribution in [-0.4, -0.2) is 75.0 Å². The maximum absolute atomic E-state index is 14.2. The van der Waals surface area contributed by atoms with E-state index in [9.17, 15) is 33.2 Å². The Balaban J connectivity index is 2.10. The molecule has 2 aromatic rings. The van der Waals surface area contributed by atoms with Crippen LogP contribution in [0.2, 0.25) is 0 Å². The minimum Gasteiger partial charge on any atom is -0.394 e. The first kappa shape index (κ1) is 26.8. The minimum atomic E-state index is -5.79. The molecule has 0 aliphatic carbocycles. The standard InChI is InChI=1S/C10H17FN5O13P3/c11-6(2-26-31(22,23)29-32(24,25)28-30(19,20)21)27-10(5(18)1-17)16-4-15-7-8(12)13-3-14-9(7)16/h3-6,10,17-18H,1-2H2,(H,22,23)(H,24,25)(H2,12,13,14)(H2,19,20,21)/t5-,6+,10-/m1/s1. The topological polar surface area (TPSA) is 279 Å². The number of rotatable bonds is 12. The van der Waals surface area contributed by atoms with Crippen molar-refractivity contribution in [1.29, 1.82) is 0 Å². The summed E-state index contributed by atoms with van der Waals surface area (Å²) in [5.41, 5.74) is 5.63. The zero-order chi connectivity index (χ0) is 24.3. The summed E-state index contributed by atoms with van der Waals surface area (Å²) in [5.74, 6) is -0.0598. The van der Waals surface area contributed by atoms with Crippen molar-refractivity contribution in [2.45, 2.75) is 18.7 Å². The molecule has 0 bridgehead atoms. The third-order valence-corrected chi connectivity index (χ3v) is 7.05. The summed E-state index contributed by atoms with van der Waals surface area (Å²) >= 11 is 0. The number of nitrogens with two attached hydrogens (primary N) is 1. The molecule has 32 heavy (non-hydrogen) atoms. The van der Waals surface area contributed by atoms with Gasteiger partial charge in [-0.2, -0.15) is 8.62 Å². The molecule has 2 unspecified atom stereocenters. The van der Waals surface area contributed by atoms with Crippen LogP contribution in [0.1, 0.15) is 6.23 Å². The summed E-state index contributed by atoms with van der Waals surface area (Å²) in [6.07, 6.45) is -4.08. The quantitative estimate of drug-likeness (QED) is 0.162. The van der Waals surface area contributed by atoms with Gasteiger partial charge in [0.05, 0.1) is 12.9 Å². The summed E-state index contributed by atoms with van der Waals surface area (Å²) in [4.78, 5) is 46.6. The molecular formula is C10H17FN5O13P3. The number of nitrogen functional groups attached to an aromatic ring is 1. The van der Waals surface area contributed by atoms with E-state index in [-0.39, 0.29) is 17.0 Å². The molecule has 0 spiro atoms. The van der Waals surface area contributed by atoms with Crippen LogP contribution in [0.4, 0.5) is 10.2 Å². The van der Waals surface area contributed by atoms with Gasteiger partial charge in [0.25, 0.3) is 0 Å². The fourth-order valence-corrected chi connectivity index (χ4v) is 5.13. The van der Waals surface area contributed by atoms with Crippen molar-refractivity contribution in [2.75, 3.05) is 18.9 Å². The summed E-state index contributed by atoms with van der Waals surface area (Å²) in [7, 11) is -17.0. The summed E-state index contributed by atoms with van der Waals surface area (Å²) in [5, 5.41) is 19.2. The van der Waals surface area contributed by atoms with Crippen LogP contribution in [0.5, 0.6) is 0 Å². The Kier molecular flexibility index (Phi) is 8.58. The van der Waals surface area contributed by atoms with E-state index in [4.69, 9.17) is 25.2 Å². The van der Waals surface area contributed by atoms with Gasteiger partial charge in [-0.05, 0) is 0 Å². The fraction of sp³-hybridized carbons (Fsp3) is 0.500. The molecule has 18 nitrogen and oxygen atoms in total. The molecule has 2 rings (SSSR count). The molecule has 0 aliphatic rings. The van der Waals surface area contributed by atoms with Crippen molar-refractivity contribution < 1.29 is 65.8 Å².